The van der Waals surface area contributed by atoms with Crippen LogP contribution in [0.2, 0.25) is 0 Å². The van der Waals surface area contributed by atoms with Gasteiger partial charge in [-0.1, -0.05) is 19.1 Å². The first-order chi connectivity index (χ1) is 6.20. The van der Waals surface area contributed by atoms with Crippen LogP contribution in [0, 0.1) is 5.82 Å². The third kappa shape index (κ3) is 1.98. The molecule has 0 aromatic heterocycles. The van der Waals surface area contributed by atoms with E-state index in [0.717, 1.165) is 0 Å². The van der Waals surface area contributed by atoms with E-state index >= 15 is 0 Å². The van der Waals surface area contributed by atoms with Crippen LogP contribution >= 0.6 is 0 Å². The summed E-state index contributed by atoms with van der Waals surface area (Å²) < 4.78 is 18.3. The first-order valence-corrected chi connectivity index (χ1v) is 4.14. The Hall–Kier alpha value is -1.09. The van der Waals surface area contributed by atoms with Gasteiger partial charge in [0.1, 0.15) is 0 Å². The van der Waals surface area contributed by atoms with Crippen LogP contribution in [-0.4, -0.2) is 18.8 Å². The average Bonchev–Trinajstić information content (AvgIpc) is 2.17. The van der Waals surface area contributed by atoms with Gasteiger partial charge in [-0.25, -0.2) is 4.39 Å². The van der Waals surface area contributed by atoms with Gasteiger partial charge in [-0.05, 0) is 11.6 Å². The normalized spacial score (nSPS) is 12.6. The maximum absolute atomic E-state index is 13.5. The van der Waals surface area contributed by atoms with Gasteiger partial charge in [-0.15, -0.1) is 0 Å². The molecule has 0 aliphatic carbocycles. The van der Waals surface area contributed by atoms with E-state index in [4.69, 9.17) is 9.84 Å². The minimum atomic E-state index is -0.383. The van der Waals surface area contributed by atoms with Crippen molar-refractivity contribution in [2.24, 2.45) is 0 Å². The summed E-state index contributed by atoms with van der Waals surface area (Å²) in [5, 5.41) is 8.87. The van der Waals surface area contributed by atoms with E-state index in [-0.39, 0.29) is 24.1 Å². The molecule has 0 radical (unpaired) electrons. The molecular formula is C10H13FO2. The summed E-state index contributed by atoms with van der Waals surface area (Å²) in [7, 11) is 1.42. The van der Waals surface area contributed by atoms with Crippen LogP contribution < -0.4 is 4.74 Å². The number of ether oxygens (including phenoxy) is 1. The molecule has 0 unspecified atom stereocenters. The number of halogens is 1. The van der Waals surface area contributed by atoms with Gasteiger partial charge in [0.2, 0.25) is 0 Å². The van der Waals surface area contributed by atoms with E-state index in [1.54, 1.807) is 25.1 Å². The largest absolute Gasteiger partial charge is 0.494 e. The number of methoxy groups -OCH3 is 1. The molecule has 3 heteroatoms. The average molecular weight is 184 g/mol. The summed E-state index contributed by atoms with van der Waals surface area (Å²) in [4.78, 5) is 0. The number of hydrogen-bond acceptors (Lipinski definition) is 2. The second kappa shape index (κ2) is 4.23. The molecule has 1 rings (SSSR count). The van der Waals surface area contributed by atoms with E-state index in [1.807, 2.05) is 0 Å². The first-order valence-electron chi connectivity index (χ1n) is 4.14. The van der Waals surface area contributed by atoms with Crippen molar-refractivity contribution in [3.8, 4) is 5.75 Å². The number of rotatable bonds is 3. The van der Waals surface area contributed by atoms with Gasteiger partial charge in [0.15, 0.2) is 11.6 Å². The molecule has 0 saturated carbocycles. The predicted octanol–water partition coefficient (Wildman–Crippen LogP) is 1.93. The Morgan fingerprint density at radius 2 is 2.23 bits per heavy atom. The molecule has 0 aliphatic rings. The Bertz CT molecular complexity index is 286. The van der Waals surface area contributed by atoms with Crippen LogP contribution in [-0.2, 0) is 0 Å². The Kier molecular flexibility index (Phi) is 3.25. The number of benzene rings is 1. The standard InChI is InChI=1S/C10H13FO2/c1-7(6-12)8-4-3-5-9(13-2)10(8)11/h3-5,7,12H,6H2,1-2H3/t7-/m1/s1. The van der Waals surface area contributed by atoms with Crippen molar-refractivity contribution in [1.82, 2.24) is 0 Å². The summed E-state index contributed by atoms with van der Waals surface area (Å²) in [6, 6.07) is 4.92. The molecular weight excluding hydrogens is 171 g/mol. The molecule has 0 aliphatic heterocycles. The van der Waals surface area contributed by atoms with Crippen molar-refractivity contribution < 1.29 is 14.2 Å². The fourth-order valence-electron chi connectivity index (χ4n) is 1.16. The van der Waals surface area contributed by atoms with Crippen LogP contribution in [0.15, 0.2) is 18.2 Å². The zero-order valence-corrected chi connectivity index (χ0v) is 7.75. The van der Waals surface area contributed by atoms with Crippen molar-refractivity contribution in [2.45, 2.75) is 12.8 Å². The van der Waals surface area contributed by atoms with Gasteiger partial charge >= 0.3 is 0 Å². The first kappa shape index (κ1) is 9.99. The second-order valence-electron chi connectivity index (χ2n) is 2.95. The predicted molar refractivity (Wildman–Crippen MR) is 48.5 cm³/mol. The van der Waals surface area contributed by atoms with Crippen molar-refractivity contribution >= 4 is 0 Å². The van der Waals surface area contributed by atoms with Crippen LogP contribution in [0.3, 0.4) is 0 Å². The van der Waals surface area contributed by atoms with E-state index in [0.29, 0.717) is 5.56 Å². The van der Waals surface area contributed by atoms with Crippen LogP contribution in [0.1, 0.15) is 18.4 Å². The third-order valence-electron chi connectivity index (χ3n) is 2.02. The van der Waals surface area contributed by atoms with E-state index in [1.165, 1.54) is 7.11 Å². The van der Waals surface area contributed by atoms with Crippen molar-refractivity contribution in [2.75, 3.05) is 13.7 Å². The topological polar surface area (TPSA) is 29.5 Å². The van der Waals surface area contributed by atoms with Gasteiger partial charge < -0.3 is 9.84 Å². The molecule has 1 atom stereocenters. The molecule has 0 heterocycles. The lowest BCUT2D eigenvalue weighted by Gasteiger charge is -2.11. The molecule has 13 heavy (non-hydrogen) atoms. The highest BCUT2D eigenvalue weighted by Crippen LogP contribution is 2.25. The van der Waals surface area contributed by atoms with E-state index in [2.05, 4.69) is 0 Å². The smallest absolute Gasteiger partial charge is 0.168 e. The molecule has 72 valence electrons. The van der Waals surface area contributed by atoms with Gasteiger partial charge in [0.05, 0.1) is 7.11 Å². The molecule has 0 spiro atoms. The van der Waals surface area contributed by atoms with Crippen LogP contribution in [0.4, 0.5) is 4.39 Å². The van der Waals surface area contributed by atoms with Crippen molar-refractivity contribution in [3.05, 3.63) is 29.6 Å². The van der Waals surface area contributed by atoms with Gasteiger partial charge in [0.25, 0.3) is 0 Å². The summed E-state index contributed by atoms with van der Waals surface area (Å²) in [5.41, 5.74) is 0.488. The highest BCUT2D eigenvalue weighted by Gasteiger charge is 2.13. The summed E-state index contributed by atoms with van der Waals surface area (Å²) in [5.74, 6) is -0.362. The van der Waals surface area contributed by atoms with Crippen molar-refractivity contribution in [3.63, 3.8) is 0 Å². The molecule has 0 fully saturated rings. The minimum absolute atomic E-state index is 0.0654. The highest BCUT2D eigenvalue weighted by molar-refractivity contribution is 5.32. The number of aliphatic hydroxyl groups excluding tert-OH is 1. The van der Waals surface area contributed by atoms with E-state index < -0.39 is 0 Å². The molecule has 1 N–H and O–H groups in total. The lowest BCUT2D eigenvalue weighted by Crippen LogP contribution is -2.03. The summed E-state index contributed by atoms with van der Waals surface area (Å²) in [6.45, 7) is 1.70. The zero-order chi connectivity index (χ0) is 9.84. The Morgan fingerprint density at radius 3 is 2.77 bits per heavy atom. The van der Waals surface area contributed by atoms with Crippen LogP contribution in [0.25, 0.3) is 0 Å². The summed E-state index contributed by atoms with van der Waals surface area (Å²) >= 11 is 0. The maximum Gasteiger partial charge on any atom is 0.168 e. The molecule has 1 aromatic carbocycles. The van der Waals surface area contributed by atoms with Crippen molar-refractivity contribution in [1.29, 1.82) is 0 Å². The van der Waals surface area contributed by atoms with E-state index in [9.17, 15) is 4.39 Å². The zero-order valence-electron chi connectivity index (χ0n) is 7.75. The Morgan fingerprint density at radius 1 is 1.54 bits per heavy atom. The number of hydrogen-bond donors (Lipinski definition) is 1. The Labute approximate surface area is 77.0 Å². The molecule has 1 aromatic rings. The molecule has 0 bridgehead atoms. The highest BCUT2D eigenvalue weighted by atomic mass is 19.1. The lowest BCUT2D eigenvalue weighted by atomic mass is 10.0. The lowest BCUT2D eigenvalue weighted by molar-refractivity contribution is 0.269. The molecule has 0 amide bonds. The molecule has 0 saturated heterocycles. The fraction of sp³-hybridized carbons (Fsp3) is 0.400. The monoisotopic (exact) mass is 184 g/mol. The minimum Gasteiger partial charge on any atom is -0.494 e. The Balaban J connectivity index is 3.08. The van der Waals surface area contributed by atoms with Gasteiger partial charge in [-0.3, -0.25) is 0 Å². The quantitative estimate of drug-likeness (QED) is 0.777. The SMILES string of the molecule is COc1cccc([C@H](C)CO)c1F. The molecule has 2 nitrogen and oxygen atoms in total. The van der Waals surface area contributed by atoms with Gasteiger partial charge in [0, 0.05) is 12.5 Å². The second-order valence-corrected chi connectivity index (χ2v) is 2.95. The third-order valence-corrected chi connectivity index (χ3v) is 2.02. The maximum atomic E-state index is 13.5. The number of aliphatic hydroxyl groups is 1. The van der Waals surface area contributed by atoms with Gasteiger partial charge in [-0.2, -0.15) is 0 Å². The van der Waals surface area contributed by atoms with Crippen LogP contribution in [0.5, 0.6) is 5.75 Å². The fourth-order valence-corrected chi connectivity index (χ4v) is 1.16. The summed E-state index contributed by atoms with van der Waals surface area (Å²) in [6.07, 6.45) is 0.